The summed E-state index contributed by atoms with van der Waals surface area (Å²) in [6.07, 6.45) is -0.716. The molecule has 2 unspecified atom stereocenters. The standard InChI is InChI=1S/C23H30N4O6/c1-3-31-21(28)13-20(22(29)32-4-2)26-11-9-25(10-12-26)15-19-16-27(23(30)33-19)18-7-5-17(14-24)6-8-18/h5-8,19-20H,3-4,9-13,15-16H2,1-2H3. The van der Waals surface area contributed by atoms with Gasteiger partial charge in [-0.2, -0.15) is 5.26 Å². The summed E-state index contributed by atoms with van der Waals surface area (Å²) in [7, 11) is 0. The molecule has 10 nitrogen and oxygen atoms in total. The summed E-state index contributed by atoms with van der Waals surface area (Å²) in [5.74, 6) is -0.833. The Labute approximate surface area is 193 Å². The van der Waals surface area contributed by atoms with Crippen molar-refractivity contribution < 1.29 is 28.6 Å². The van der Waals surface area contributed by atoms with Gasteiger partial charge in [-0.3, -0.25) is 24.3 Å². The first-order valence-corrected chi connectivity index (χ1v) is 11.2. The lowest BCUT2D eigenvalue weighted by molar-refractivity contribution is -0.157. The first-order chi connectivity index (χ1) is 15.9. The number of esters is 2. The molecule has 3 rings (SSSR count). The number of benzene rings is 1. The Bertz CT molecular complexity index is 876. The van der Waals surface area contributed by atoms with Crippen molar-refractivity contribution in [3.05, 3.63) is 29.8 Å². The maximum absolute atomic E-state index is 12.4. The summed E-state index contributed by atoms with van der Waals surface area (Å²) in [6.45, 7) is 7.50. The molecule has 2 aliphatic heterocycles. The van der Waals surface area contributed by atoms with E-state index in [4.69, 9.17) is 19.5 Å². The summed E-state index contributed by atoms with van der Waals surface area (Å²) >= 11 is 0. The van der Waals surface area contributed by atoms with Gasteiger partial charge in [0.25, 0.3) is 0 Å². The minimum absolute atomic E-state index is 0.0353. The summed E-state index contributed by atoms with van der Waals surface area (Å²) < 4.78 is 15.7. The number of amides is 1. The van der Waals surface area contributed by atoms with Gasteiger partial charge in [-0.15, -0.1) is 0 Å². The maximum Gasteiger partial charge on any atom is 0.414 e. The van der Waals surface area contributed by atoms with E-state index < -0.39 is 24.1 Å². The van der Waals surface area contributed by atoms with Crippen LogP contribution in [0.1, 0.15) is 25.8 Å². The van der Waals surface area contributed by atoms with E-state index in [0.29, 0.717) is 50.5 Å². The van der Waals surface area contributed by atoms with Crippen LogP contribution in [-0.4, -0.2) is 92.5 Å². The van der Waals surface area contributed by atoms with Crippen LogP contribution in [0.3, 0.4) is 0 Å². The molecule has 1 amide bonds. The number of carbonyl (C=O) groups is 3. The van der Waals surface area contributed by atoms with E-state index in [2.05, 4.69) is 11.0 Å². The molecule has 0 radical (unpaired) electrons. The molecule has 1 aromatic rings. The number of carbonyl (C=O) groups excluding carboxylic acids is 3. The van der Waals surface area contributed by atoms with Crippen LogP contribution in [0.15, 0.2) is 24.3 Å². The van der Waals surface area contributed by atoms with E-state index in [9.17, 15) is 14.4 Å². The van der Waals surface area contributed by atoms with E-state index in [1.807, 2.05) is 4.90 Å². The lowest BCUT2D eigenvalue weighted by atomic mass is 10.1. The SMILES string of the molecule is CCOC(=O)CC(C(=O)OCC)N1CCN(CC2CN(c3ccc(C#N)cc3)C(=O)O2)CC1. The molecule has 10 heteroatoms. The van der Waals surface area contributed by atoms with Crippen LogP contribution >= 0.6 is 0 Å². The minimum Gasteiger partial charge on any atom is -0.466 e. The zero-order valence-electron chi connectivity index (χ0n) is 19.1. The molecular weight excluding hydrogens is 428 g/mol. The molecule has 2 atom stereocenters. The van der Waals surface area contributed by atoms with Gasteiger partial charge in [-0.25, -0.2) is 4.79 Å². The molecule has 33 heavy (non-hydrogen) atoms. The van der Waals surface area contributed by atoms with E-state index in [-0.39, 0.29) is 25.7 Å². The summed E-state index contributed by atoms with van der Waals surface area (Å²) in [4.78, 5) is 42.4. The average Bonchev–Trinajstić information content (AvgIpc) is 3.18. The monoisotopic (exact) mass is 458 g/mol. The highest BCUT2D eigenvalue weighted by molar-refractivity contribution is 5.89. The van der Waals surface area contributed by atoms with Crippen molar-refractivity contribution in [3.63, 3.8) is 0 Å². The normalized spacial score (nSPS) is 20.1. The molecule has 178 valence electrons. The molecular formula is C23H30N4O6. The quantitative estimate of drug-likeness (QED) is 0.400. The number of piperazine rings is 1. The Morgan fingerprint density at radius 3 is 2.39 bits per heavy atom. The molecule has 0 aliphatic carbocycles. The highest BCUT2D eigenvalue weighted by Gasteiger charge is 2.36. The lowest BCUT2D eigenvalue weighted by Crippen LogP contribution is -2.54. The second-order valence-electron chi connectivity index (χ2n) is 7.89. The summed E-state index contributed by atoms with van der Waals surface area (Å²) in [6, 6.07) is 8.21. The van der Waals surface area contributed by atoms with Gasteiger partial charge >= 0.3 is 18.0 Å². The van der Waals surface area contributed by atoms with Gasteiger partial charge in [0.05, 0.1) is 37.8 Å². The van der Waals surface area contributed by atoms with E-state index in [1.54, 1.807) is 43.0 Å². The van der Waals surface area contributed by atoms with Crippen molar-refractivity contribution in [2.24, 2.45) is 0 Å². The number of ether oxygens (including phenoxy) is 3. The van der Waals surface area contributed by atoms with Gasteiger partial charge in [0.15, 0.2) is 0 Å². The van der Waals surface area contributed by atoms with Crippen LogP contribution in [0.5, 0.6) is 0 Å². The molecule has 0 saturated carbocycles. The van der Waals surface area contributed by atoms with Crippen molar-refractivity contribution in [1.82, 2.24) is 9.80 Å². The Kier molecular flexibility index (Phi) is 8.63. The topological polar surface area (TPSA) is 112 Å². The van der Waals surface area contributed by atoms with Crippen molar-refractivity contribution in [1.29, 1.82) is 5.26 Å². The van der Waals surface area contributed by atoms with E-state index in [0.717, 1.165) is 0 Å². The van der Waals surface area contributed by atoms with E-state index in [1.165, 1.54) is 0 Å². The predicted octanol–water partition coefficient (Wildman–Crippen LogP) is 1.39. The van der Waals surface area contributed by atoms with Gasteiger partial charge in [0.2, 0.25) is 0 Å². The maximum atomic E-state index is 12.4. The van der Waals surface area contributed by atoms with E-state index >= 15 is 0 Å². The first-order valence-electron chi connectivity index (χ1n) is 11.2. The number of nitriles is 1. The number of anilines is 1. The smallest absolute Gasteiger partial charge is 0.414 e. The third kappa shape index (κ3) is 6.43. The number of cyclic esters (lactones) is 1. The zero-order chi connectivity index (χ0) is 23.8. The first kappa shape index (κ1) is 24.5. The van der Waals surface area contributed by atoms with Crippen LogP contribution in [0, 0.1) is 11.3 Å². The summed E-state index contributed by atoms with van der Waals surface area (Å²) in [5, 5.41) is 8.93. The molecule has 0 aromatic heterocycles. The zero-order valence-corrected chi connectivity index (χ0v) is 19.1. The Balaban J connectivity index is 1.52. The third-order valence-corrected chi connectivity index (χ3v) is 5.72. The third-order valence-electron chi connectivity index (χ3n) is 5.72. The van der Waals surface area contributed by atoms with Gasteiger partial charge in [-0.1, -0.05) is 0 Å². The van der Waals surface area contributed by atoms with Crippen molar-refractivity contribution >= 4 is 23.7 Å². The fourth-order valence-electron chi connectivity index (χ4n) is 4.07. The molecule has 1 aromatic carbocycles. The number of rotatable bonds is 9. The molecule has 0 bridgehead atoms. The fraction of sp³-hybridized carbons (Fsp3) is 0.565. The second-order valence-corrected chi connectivity index (χ2v) is 7.89. The average molecular weight is 459 g/mol. The second kappa shape index (κ2) is 11.6. The van der Waals surface area contributed by atoms with Gasteiger partial charge < -0.3 is 14.2 Å². The van der Waals surface area contributed by atoms with Gasteiger partial charge in [0.1, 0.15) is 12.1 Å². The largest absolute Gasteiger partial charge is 0.466 e. The van der Waals surface area contributed by atoms with Crippen LogP contribution in [0.2, 0.25) is 0 Å². The van der Waals surface area contributed by atoms with Crippen molar-refractivity contribution in [2.45, 2.75) is 32.4 Å². The van der Waals surface area contributed by atoms with Crippen LogP contribution in [0.4, 0.5) is 10.5 Å². The van der Waals surface area contributed by atoms with Crippen LogP contribution in [0.25, 0.3) is 0 Å². The van der Waals surface area contributed by atoms with Gasteiger partial charge in [-0.05, 0) is 38.1 Å². The molecule has 2 fully saturated rings. The highest BCUT2D eigenvalue weighted by atomic mass is 16.6. The van der Waals surface area contributed by atoms with Crippen molar-refractivity contribution in [3.8, 4) is 6.07 Å². The fourth-order valence-corrected chi connectivity index (χ4v) is 4.07. The molecule has 2 heterocycles. The lowest BCUT2D eigenvalue weighted by Gasteiger charge is -2.38. The van der Waals surface area contributed by atoms with Crippen molar-refractivity contribution in [2.75, 3.05) is 57.4 Å². The number of hydrogen-bond acceptors (Lipinski definition) is 9. The Hall–Kier alpha value is -3.16. The molecule has 0 spiro atoms. The molecule has 2 saturated heterocycles. The van der Waals surface area contributed by atoms with Crippen LogP contribution in [-0.2, 0) is 23.8 Å². The van der Waals surface area contributed by atoms with Crippen LogP contribution < -0.4 is 4.90 Å². The Morgan fingerprint density at radius 2 is 1.79 bits per heavy atom. The minimum atomic E-state index is -0.665. The molecule has 0 N–H and O–H groups in total. The predicted molar refractivity (Wildman–Crippen MR) is 118 cm³/mol. The number of nitrogens with zero attached hydrogens (tertiary/aromatic N) is 4. The highest BCUT2D eigenvalue weighted by Crippen LogP contribution is 2.23. The summed E-state index contributed by atoms with van der Waals surface area (Å²) in [5.41, 5.74) is 1.23. The Morgan fingerprint density at radius 1 is 1.12 bits per heavy atom. The molecule has 2 aliphatic rings. The van der Waals surface area contributed by atoms with Gasteiger partial charge in [0, 0.05) is 38.4 Å². The number of hydrogen-bond donors (Lipinski definition) is 0.